The lowest BCUT2D eigenvalue weighted by atomic mass is 10.2. The van der Waals surface area contributed by atoms with Crippen molar-refractivity contribution in [1.82, 2.24) is 4.98 Å². The van der Waals surface area contributed by atoms with Crippen LogP contribution in [0.3, 0.4) is 0 Å². The largest absolute Gasteiger partial charge is 0.495 e. The van der Waals surface area contributed by atoms with Crippen LogP contribution in [0.2, 0.25) is 0 Å². The van der Waals surface area contributed by atoms with E-state index in [0.717, 1.165) is 22.7 Å². The molecule has 1 aliphatic heterocycles. The molecule has 0 radical (unpaired) electrons. The van der Waals surface area contributed by atoms with E-state index in [2.05, 4.69) is 10.3 Å². The first-order chi connectivity index (χ1) is 9.42. The second kappa shape index (κ2) is 5.44. The molecule has 96 valence electrons. The minimum absolute atomic E-state index is 0.473. The van der Waals surface area contributed by atoms with Crippen LogP contribution in [0.4, 0.5) is 5.69 Å². The van der Waals surface area contributed by atoms with Crippen molar-refractivity contribution in [2.24, 2.45) is 0 Å². The van der Waals surface area contributed by atoms with Gasteiger partial charge >= 0.3 is 0 Å². The summed E-state index contributed by atoms with van der Waals surface area (Å²) < 4.78 is 10.9. The Morgan fingerprint density at radius 3 is 3.21 bits per heavy atom. The predicted molar refractivity (Wildman–Crippen MR) is 73.6 cm³/mol. The molecule has 0 saturated heterocycles. The number of hydrogen-bond acceptors (Lipinski definition) is 4. The lowest BCUT2D eigenvalue weighted by molar-refractivity contribution is 0.235. The lowest BCUT2D eigenvalue weighted by Gasteiger charge is -2.01. The van der Waals surface area contributed by atoms with E-state index in [1.165, 1.54) is 0 Å². The maximum Gasteiger partial charge on any atom is 0.159 e. The smallest absolute Gasteiger partial charge is 0.159 e. The lowest BCUT2D eigenvalue weighted by Crippen LogP contribution is -1.96. The highest BCUT2D eigenvalue weighted by molar-refractivity contribution is 5.64. The third-order valence-electron chi connectivity index (χ3n) is 2.81. The van der Waals surface area contributed by atoms with Gasteiger partial charge in [-0.15, -0.1) is 0 Å². The Hall–Kier alpha value is -2.49. The van der Waals surface area contributed by atoms with E-state index < -0.39 is 0 Å². The molecule has 0 unspecified atom stereocenters. The minimum atomic E-state index is 0.473. The number of anilines is 1. The second-order valence-electron chi connectivity index (χ2n) is 4.16. The Bertz CT molecular complexity index is 582. The average molecular weight is 254 g/mol. The molecule has 0 aliphatic carbocycles. The van der Waals surface area contributed by atoms with Gasteiger partial charge in [0.05, 0.1) is 17.6 Å². The van der Waals surface area contributed by atoms with Gasteiger partial charge in [0.25, 0.3) is 0 Å². The Labute approximate surface area is 111 Å². The number of aromatic nitrogens is 1. The fraction of sp³-hybridized carbons (Fsp3) is 0.133. The van der Waals surface area contributed by atoms with E-state index in [0.29, 0.717) is 13.3 Å². The van der Waals surface area contributed by atoms with E-state index in [4.69, 9.17) is 9.47 Å². The van der Waals surface area contributed by atoms with Crippen LogP contribution < -0.4 is 10.1 Å². The molecule has 1 aliphatic rings. The highest BCUT2D eigenvalue weighted by Gasteiger charge is 2.09. The molecule has 2 heterocycles. The number of benzene rings is 1. The van der Waals surface area contributed by atoms with Gasteiger partial charge < -0.3 is 14.8 Å². The summed E-state index contributed by atoms with van der Waals surface area (Å²) in [7, 11) is 0. The number of nitrogens with one attached hydrogen (secondary N) is 1. The topological polar surface area (TPSA) is 43.4 Å². The van der Waals surface area contributed by atoms with Crippen molar-refractivity contribution in [2.45, 2.75) is 6.61 Å². The molecular weight excluding hydrogens is 240 g/mol. The molecule has 1 N–H and O–H groups in total. The van der Waals surface area contributed by atoms with Crippen LogP contribution in [-0.2, 0) is 11.3 Å². The van der Waals surface area contributed by atoms with Crippen LogP contribution in [0.15, 0.2) is 48.9 Å². The normalized spacial score (nSPS) is 12.8. The molecule has 4 heteroatoms. The van der Waals surface area contributed by atoms with Crippen molar-refractivity contribution < 1.29 is 9.47 Å². The zero-order valence-corrected chi connectivity index (χ0v) is 10.4. The second-order valence-corrected chi connectivity index (χ2v) is 4.16. The van der Waals surface area contributed by atoms with Crippen molar-refractivity contribution in [3.05, 3.63) is 60.1 Å². The van der Waals surface area contributed by atoms with Gasteiger partial charge in [0.15, 0.2) is 6.73 Å². The summed E-state index contributed by atoms with van der Waals surface area (Å²) in [4.78, 5) is 4.18. The summed E-state index contributed by atoms with van der Waals surface area (Å²) in [5.41, 5.74) is 2.99. The van der Waals surface area contributed by atoms with Gasteiger partial charge in [-0.1, -0.05) is 12.1 Å². The van der Waals surface area contributed by atoms with Crippen molar-refractivity contribution in [3.8, 4) is 5.75 Å². The monoisotopic (exact) mass is 254 g/mol. The summed E-state index contributed by atoms with van der Waals surface area (Å²) in [6.45, 7) is 1.01. The molecule has 4 nitrogen and oxygen atoms in total. The van der Waals surface area contributed by atoms with Crippen LogP contribution in [0.5, 0.6) is 5.75 Å². The van der Waals surface area contributed by atoms with Gasteiger partial charge in [-0.3, -0.25) is 4.98 Å². The summed E-state index contributed by atoms with van der Waals surface area (Å²) in [5.74, 6) is 0.881. The fourth-order valence-electron chi connectivity index (χ4n) is 1.84. The van der Waals surface area contributed by atoms with E-state index in [-0.39, 0.29) is 0 Å². The molecule has 2 aromatic rings. The quantitative estimate of drug-likeness (QED) is 0.852. The maximum absolute atomic E-state index is 5.44. The third kappa shape index (κ3) is 2.85. The van der Waals surface area contributed by atoms with E-state index >= 15 is 0 Å². The zero-order chi connectivity index (χ0) is 12.9. The summed E-state index contributed by atoms with van der Waals surface area (Å²) in [5, 5.41) is 3.13. The van der Waals surface area contributed by atoms with Gasteiger partial charge in [-0.2, -0.15) is 0 Å². The first kappa shape index (κ1) is 11.6. The highest BCUT2D eigenvalue weighted by Crippen LogP contribution is 2.30. The van der Waals surface area contributed by atoms with Crippen LogP contribution in [0.25, 0.3) is 6.08 Å². The molecular formula is C15H14N2O2. The van der Waals surface area contributed by atoms with E-state index in [9.17, 15) is 0 Å². The van der Waals surface area contributed by atoms with Crippen molar-refractivity contribution in [3.63, 3.8) is 0 Å². The van der Waals surface area contributed by atoms with Gasteiger partial charge in [-0.05, 0) is 35.9 Å². The zero-order valence-electron chi connectivity index (χ0n) is 10.4. The number of fused-ring (bicyclic) bond motifs is 1. The molecule has 1 aromatic carbocycles. The van der Waals surface area contributed by atoms with Crippen LogP contribution >= 0.6 is 0 Å². The van der Waals surface area contributed by atoms with Crippen LogP contribution in [0, 0.1) is 0 Å². The number of rotatable bonds is 4. The first-order valence-corrected chi connectivity index (χ1v) is 6.10. The Morgan fingerprint density at radius 1 is 1.32 bits per heavy atom. The first-order valence-electron chi connectivity index (χ1n) is 6.10. The summed E-state index contributed by atoms with van der Waals surface area (Å²) in [6, 6.07) is 11.8. The molecule has 0 atom stereocenters. The Balaban J connectivity index is 1.58. The highest BCUT2D eigenvalue weighted by atomic mass is 16.5. The minimum Gasteiger partial charge on any atom is -0.495 e. The Morgan fingerprint density at radius 2 is 2.32 bits per heavy atom. The number of nitrogens with zero attached hydrogens (tertiary/aromatic N) is 1. The summed E-state index contributed by atoms with van der Waals surface area (Å²) in [6.07, 6.45) is 5.34. The van der Waals surface area contributed by atoms with Gasteiger partial charge in [0.1, 0.15) is 12.4 Å². The fourth-order valence-corrected chi connectivity index (χ4v) is 1.84. The SMILES string of the molecule is C(=Cc1ccc2c(c1)OCN2)OCc1ccccn1. The predicted octanol–water partition coefficient (Wildman–Crippen LogP) is 3.03. The van der Waals surface area contributed by atoms with E-state index in [1.54, 1.807) is 12.5 Å². The Kier molecular flexibility index (Phi) is 3.32. The molecule has 3 rings (SSSR count). The molecule has 0 spiro atoms. The van der Waals surface area contributed by atoms with Crippen molar-refractivity contribution >= 4 is 11.8 Å². The standard InChI is InChI=1S/C15H14N2O2/c1-2-7-16-13(3-1)10-18-8-6-12-4-5-14-15(9-12)19-11-17-14/h1-9,17H,10-11H2. The van der Waals surface area contributed by atoms with Crippen molar-refractivity contribution in [2.75, 3.05) is 12.0 Å². The van der Waals surface area contributed by atoms with E-state index in [1.807, 2.05) is 42.5 Å². The average Bonchev–Trinajstić information content (AvgIpc) is 2.92. The number of pyridine rings is 1. The van der Waals surface area contributed by atoms with Crippen LogP contribution in [-0.4, -0.2) is 11.7 Å². The molecule has 19 heavy (non-hydrogen) atoms. The summed E-state index contributed by atoms with van der Waals surface area (Å²) >= 11 is 0. The molecule has 0 saturated carbocycles. The number of ether oxygens (including phenoxy) is 2. The number of hydrogen-bond donors (Lipinski definition) is 1. The van der Waals surface area contributed by atoms with Gasteiger partial charge in [-0.25, -0.2) is 0 Å². The molecule has 1 aromatic heterocycles. The van der Waals surface area contributed by atoms with Gasteiger partial charge in [0, 0.05) is 6.20 Å². The third-order valence-corrected chi connectivity index (χ3v) is 2.81. The maximum atomic E-state index is 5.44. The molecule has 0 amide bonds. The van der Waals surface area contributed by atoms with Crippen LogP contribution in [0.1, 0.15) is 11.3 Å². The van der Waals surface area contributed by atoms with Gasteiger partial charge in [0.2, 0.25) is 0 Å². The molecule has 0 fully saturated rings. The molecule has 0 bridgehead atoms. The van der Waals surface area contributed by atoms with Crippen molar-refractivity contribution in [1.29, 1.82) is 0 Å².